The zero-order chi connectivity index (χ0) is 17.5. The third-order valence-corrected chi connectivity index (χ3v) is 4.30. The number of halogens is 3. The summed E-state index contributed by atoms with van der Waals surface area (Å²) in [5, 5.41) is 11.4. The molecule has 0 aliphatic rings. The average Bonchev–Trinajstić information content (AvgIpc) is 2.88. The van der Waals surface area contributed by atoms with E-state index in [0.717, 1.165) is 0 Å². The lowest BCUT2D eigenvalue weighted by molar-refractivity contribution is -0.384. The van der Waals surface area contributed by atoms with Crippen LogP contribution in [-0.4, -0.2) is 16.3 Å². The standard InChI is InChI=1S/C15H9F3N2O3S/c1-8-6-9(20(21)22)2-4-11(8)14-19-12-5-3-10(7-13(12)24-14)23-15(16,17)18/h2-7H,1H3. The first kappa shape index (κ1) is 16.2. The van der Waals surface area contributed by atoms with Gasteiger partial charge in [0.05, 0.1) is 15.1 Å². The summed E-state index contributed by atoms with van der Waals surface area (Å²) in [5.74, 6) is -0.314. The third-order valence-electron chi connectivity index (χ3n) is 3.24. The van der Waals surface area contributed by atoms with Gasteiger partial charge in [-0.05, 0) is 36.8 Å². The molecule has 0 radical (unpaired) electrons. The number of alkyl halides is 3. The summed E-state index contributed by atoms with van der Waals surface area (Å²) in [6, 6.07) is 8.29. The monoisotopic (exact) mass is 354 g/mol. The molecule has 24 heavy (non-hydrogen) atoms. The number of nitro groups is 1. The molecule has 2 aromatic carbocycles. The van der Waals surface area contributed by atoms with Gasteiger partial charge >= 0.3 is 6.36 Å². The van der Waals surface area contributed by atoms with E-state index in [1.54, 1.807) is 13.0 Å². The molecule has 3 aromatic rings. The van der Waals surface area contributed by atoms with Crippen molar-refractivity contribution >= 4 is 27.2 Å². The van der Waals surface area contributed by atoms with Crippen LogP contribution in [0.5, 0.6) is 5.75 Å². The summed E-state index contributed by atoms with van der Waals surface area (Å²) in [5.41, 5.74) is 1.86. The van der Waals surface area contributed by atoms with Gasteiger partial charge < -0.3 is 4.74 Å². The van der Waals surface area contributed by atoms with Crippen LogP contribution in [0.2, 0.25) is 0 Å². The van der Waals surface area contributed by atoms with E-state index in [1.807, 2.05) is 0 Å². The van der Waals surface area contributed by atoms with Crippen molar-refractivity contribution in [1.29, 1.82) is 0 Å². The van der Waals surface area contributed by atoms with Gasteiger partial charge in [0, 0.05) is 17.7 Å². The molecule has 0 amide bonds. The van der Waals surface area contributed by atoms with Gasteiger partial charge in [0.25, 0.3) is 5.69 Å². The highest BCUT2D eigenvalue weighted by molar-refractivity contribution is 7.21. The quantitative estimate of drug-likeness (QED) is 0.486. The Morgan fingerprint density at radius 1 is 1.21 bits per heavy atom. The second kappa shape index (κ2) is 5.75. The van der Waals surface area contributed by atoms with E-state index in [1.165, 1.54) is 41.7 Å². The summed E-state index contributed by atoms with van der Waals surface area (Å²) < 4.78 is 41.3. The molecule has 0 aliphatic heterocycles. The van der Waals surface area contributed by atoms with Crippen molar-refractivity contribution in [2.75, 3.05) is 0 Å². The molecule has 1 aromatic heterocycles. The topological polar surface area (TPSA) is 65.3 Å². The van der Waals surface area contributed by atoms with Gasteiger partial charge in [0.15, 0.2) is 0 Å². The van der Waals surface area contributed by atoms with Crippen molar-refractivity contribution in [1.82, 2.24) is 4.98 Å². The minimum atomic E-state index is -4.75. The molecule has 0 bridgehead atoms. The maximum Gasteiger partial charge on any atom is 0.573 e. The van der Waals surface area contributed by atoms with Crippen LogP contribution in [0.4, 0.5) is 18.9 Å². The molecule has 0 unspecified atom stereocenters. The number of thiazole rings is 1. The predicted octanol–water partition coefficient (Wildman–Crippen LogP) is 5.08. The molecule has 0 atom stereocenters. The van der Waals surface area contributed by atoms with Crippen molar-refractivity contribution in [2.24, 2.45) is 0 Å². The molecule has 5 nitrogen and oxygen atoms in total. The van der Waals surface area contributed by atoms with Gasteiger partial charge in [-0.3, -0.25) is 10.1 Å². The van der Waals surface area contributed by atoms with Gasteiger partial charge in [-0.2, -0.15) is 0 Å². The zero-order valence-corrected chi connectivity index (χ0v) is 12.9. The number of aromatic nitrogens is 1. The molecule has 0 spiro atoms. The molecular weight excluding hydrogens is 345 g/mol. The fourth-order valence-corrected chi connectivity index (χ4v) is 3.30. The first-order chi connectivity index (χ1) is 11.2. The minimum Gasteiger partial charge on any atom is -0.406 e. The van der Waals surface area contributed by atoms with Crippen molar-refractivity contribution in [3.63, 3.8) is 0 Å². The van der Waals surface area contributed by atoms with Crippen LogP contribution in [0.25, 0.3) is 20.8 Å². The molecule has 0 N–H and O–H groups in total. The van der Waals surface area contributed by atoms with E-state index in [9.17, 15) is 23.3 Å². The van der Waals surface area contributed by atoms with Crippen LogP contribution in [0, 0.1) is 17.0 Å². The SMILES string of the molecule is Cc1cc([N+](=O)[O-])ccc1-c1nc2ccc(OC(F)(F)F)cc2s1. The number of hydrogen-bond donors (Lipinski definition) is 0. The molecular formula is C15H9F3N2O3S. The predicted molar refractivity (Wildman–Crippen MR) is 83.1 cm³/mol. The largest absolute Gasteiger partial charge is 0.573 e. The van der Waals surface area contributed by atoms with E-state index >= 15 is 0 Å². The van der Waals surface area contributed by atoms with Crippen molar-refractivity contribution in [3.05, 3.63) is 52.1 Å². The van der Waals surface area contributed by atoms with Gasteiger partial charge in [-0.15, -0.1) is 24.5 Å². The Kier molecular flexibility index (Phi) is 3.88. The van der Waals surface area contributed by atoms with Crippen LogP contribution >= 0.6 is 11.3 Å². The Hall–Kier alpha value is -2.68. The number of nitrogens with zero attached hydrogens (tertiary/aromatic N) is 2. The van der Waals surface area contributed by atoms with Gasteiger partial charge in [0.2, 0.25) is 0 Å². The van der Waals surface area contributed by atoms with E-state index in [-0.39, 0.29) is 11.4 Å². The number of nitro benzene ring substituents is 1. The summed E-state index contributed by atoms with van der Waals surface area (Å²) >= 11 is 1.19. The number of benzene rings is 2. The summed E-state index contributed by atoms with van der Waals surface area (Å²) in [6.07, 6.45) is -4.75. The lowest BCUT2D eigenvalue weighted by Gasteiger charge is -2.07. The highest BCUT2D eigenvalue weighted by Crippen LogP contribution is 2.35. The highest BCUT2D eigenvalue weighted by atomic mass is 32.1. The second-order valence-electron chi connectivity index (χ2n) is 4.95. The number of rotatable bonds is 3. The number of ether oxygens (including phenoxy) is 1. The average molecular weight is 354 g/mol. The summed E-state index contributed by atoms with van der Waals surface area (Å²) in [7, 11) is 0. The van der Waals surface area contributed by atoms with Gasteiger partial charge in [-0.25, -0.2) is 4.98 Å². The van der Waals surface area contributed by atoms with E-state index in [4.69, 9.17) is 0 Å². The maximum atomic E-state index is 12.3. The van der Waals surface area contributed by atoms with Crippen molar-refractivity contribution in [3.8, 4) is 16.3 Å². The Balaban J connectivity index is 2.00. The van der Waals surface area contributed by atoms with E-state index in [0.29, 0.717) is 26.4 Å². The van der Waals surface area contributed by atoms with E-state index < -0.39 is 11.3 Å². The van der Waals surface area contributed by atoms with Crippen molar-refractivity contribution < 1.29 is 22.8 Å². The smallest absolute Gasteiger partial charge is 0.406 e. The normalized spacial score (nSPS) is 11.7. The van der Waals surface area contributed by atoms with Crippen LogP contribution in [-0.2, 0) is 0 Å². The Morgan fingerprint density at radius 3 is 2.58 bits per heavy atom. The molecule has 0 saturated carbocycles. The molecule has 1 heterocycles. The van der Waals surface area contributed by atoms with E-state index in [2.05, 4.69) is 9.72 Å². The summed E-state index contributed by atoms with van der Waals surface area (Å²) in [4.78, 5) is 14.7. The zero-order valence-electron chi connectivity index (χ0n) is 12.1. The molecule has 0 fully saturated rings. The third kappa shape index (κ3) is 3.30. The number of fused-ring (bicyclic) bond motifs is 1. The molecule has 0 aliphatic carbocycles. The number of hydrogen-bond acceptors (Lipinski definition) is 5. The first-order valence-corrected chi connectivity index (χ1v) is 7.46. The molecule has 3 rings (SSSR count). The Morgan fingerprint density at radius 2 is 1.96 bits per heavy atom. The fourth-order valence-electron chi connectivity index (χ4n) is 2.22. The summed E-state index contributed by atoms with van der Waals surface area (Å²) in [6.45, 7) is 1.71. The maximum absolute atomic E-state index is 12.3. The van der Waals surface area contributed by atoms with Crippen LogP contribution in [0.3, 0.4) is 0 Å². The van der Waals surface area contributed by atoms with Gasteiger partial charge in [-0.1, -0.05) is 0 Å². The minimum absolute atomic E-state index is 0.0294. The highest BCUT2D eigenvalue weighted by Gasteiger charge is 2.31. The lowest BCUT2D eigenvalue weighted by atomic mass is 10.1. The number of aryl methyl sites for hydroxylation is 1. The Labute approximate surface area is 137 Å². The van der Waals surface area contributed by atoms with Crippen molar-refractivity contribution in [2.45, 2.75) is 13.3 Å². The van der Waals surface area contributed by atoms with Crippen LogP contribution in [0.15, 0.2) is 36.4 Å². The Bertz CT molecular complexity index is 937. The van der Waals surface area contributed by atoms with Crippen LogP contribution < -0.4 is 4.74 Å². The van der Waals surface area contributed by atoms with Crippen LogP contribution in [0.1, 0.15) is 5.56 Å². The molecule has 9 heteroatoms. The first-order valence-electron chi connectivity index (χ1n) is 6.65. The fraction of sp³-hybridized carbons (Fsp3) is 0.133. The second-order valence-corrected chi connectivity index (χ2v) is 5.98. The lowest BCUT2D eigenvalue weighted by Crippen LogP contribution is -2.16. The van der Waals surface area contributed by atoms with Gasteiger partial charge in [0.1, 0.15) is 10.8 Å². The molecule has 0 saturated heterocycles. The number of non-ortho nitro benzene ring substituents is 1. The molecule has 124 valence electrons.